The molecule has 0 aromatic heterocycles. The van der Waals surface area contributed by atoms with Crippen molar-refractivity contribution in [2.45, 2.75) is 68.5 Å². The predicted octanol–water partition coefficient (Wildman–Crippen LogP) is 3.30. The molecule has 2 bridgehead atoms. The number of amides is 3. The Kier molecular flexibility index (Phi) is 6.97. The molecule has 3 fully saturated rings. The van der Waals surface area contributed by atoms with E-state index in [4.69, 9.17) is 11.6 Å². The predicted molar refractivity (Wildman–Crippen MR) is 135 cm³/mol. The molecule has 3 saturated heterocycles. The van der Waals surface area contributed by atoms with Crippen molar-refractivity contribution >= 4 is 46.8 Å². The summed E-state index contributed by atoms with van der Waals surface area (Å²) in [5.74, 6) is -1.84. The highest BCUT2D eigenvalue weighted by Gasteiger charge is 2.77. The molecule has 7 nitrogen and oxygen atoms in total. The summed E-state index contributed by atoms with van der Waals surface area (Å²) in [6.07, 6.45) is 2.22. The lowest BCUT2D eigenvalue weighted by molar-refractivity contribution is -0.143. The Morgan fingerprint density at radius 3 is 2.59 bits per heavy atom. The van der Waals surface area contributed by atoms with Gasteiger partial charge in [0.2, 0.25) is 17.7 Å². The first kappa shape index (κ1) is 25.3. The number of anilines is 1. The monoisotopic (exact) mass is 507 g/mol. The molecule has 0 aliphatic carbocycles. The van der Waals surface area contributed by atoms with Crippen molar-refractivity contribution in [2.75, 3.05) is 18.5 Å². The number of hydrogen-bond donors (Lipinski definition) is 3. The minimum atomic E-state index is -0.809. The second-order valence-corrected chi connectivity index (χ2v) is 12.5. The largest absolute Gasteiger partial charge is 0.394 e. The molecular weight excluding hydrogens is 474 g/mol. The van der Waals surface area contributed by atoms with E-state index in [1.54, 1.807) is 40.9 Å². The Hall–Kier alpha value is -1.77. The van der Waals surface area contributed by atoms with Crippen LogP contribution in [0.5, 0.6) is 0 Å². The first-order valence-corrected chi connectivity index (χ1v) is 13.3. The highest BCUT2D eigenvalue weighted by molar-refractivity contribution is 8.02. The third-order valence-electron chi connectivity index (χ3n) is 7.74. The number of fused-ring (bicyclic) bond motifs is 1. The Morgan fingerprint density at radius 2 is 1.97 bits per heavy atom. The van der Waals surface area contributed by atoms with Crippen molar-refractivity contribution in [3.05, 3.63) is 29.3 Å². The van der Waals surface area contributed by atoms with E-state index < -0.39 is 33.4 Å². The maximum absolute atomic E-state index is 14.1. The van der Waals surface area contributed by atoms with E-state index in [1.807, 2.05) is 27.7 Å². The number of rotatable bonds is 8. The zero-order valence-corrected chi connectivity index (χ0v) is 21.7. The fourth-order valence-electron chi connectivity index (χ4n) is 6.16. The van der Waals surface area contributed by atoms with Gasteiger partial charge in [-0.25, -0.2) is 0 Å². The van der Waals surface area contributed by atoms with Gasteiger partial charge in [-0.1, -0.05) is 44.5 Å². The van der Waals surface area contributed by atoms with Crippen LogP contribution in [0.4, 0.5) is 5.69 Å². The second kappa shape index (κ2) is 9.36. The van der Waals surface area contributed by atoms with Gasteiger partial charge in [0.25, 0.3) is 0 Å². The van der Waals surface area contributed by atoms with E-state index in [2.05, 4.69) is 10.6 Å². The Morgan fingerprint density at radius 1 is 1.26 bits per heavy atom. The van der Waals surface area contributed by atoms with E-state index in [1.165, 1.54) is 0 Å². The number of thioether (sulfide) groups is 1. The molecule has 1 aromatic carbocycles. The van der Waals surface area contributed by atoms with Crippen molar-refractivity contribution in [3.8, 4) is 0 Å². The molecule has 6 atom stereocenters. The molecule has 3 heterocycles. The van der Waals surface area contributed by atoms with Crippen LogP contribution in [0, 0.1) is 17.8 Å². The molecule has 34 heavy (non-hydrogen) atoms. The van der Waals surface area contributed by atoms with Crippen LogP contribution in [0.1, 0.15) is 47.0 Å². The molecule has 1 aromatic rings. The number of para-hydroxylation sites is 1. The van der Waals surface area contributed by atoms with Crippen molar-refractivity contribution < 1.29 is 19.5 Å². The normalized spacial score (nSPS) is 32.7. The van der Waals surface area contributed by atoms with Gasteiger partial charge in [-0.15, -0.1) is 11.8 Å². The summed E-state index contributed by atoms with van der Waals surface area (Å²) in [7, 11) is 0. The van der Waals surface area contributed by atoms with Crippen LogP contribution in [0.15, 0.2) is 24.3 Å². The number of carbonyl (C=O) groups excluding carboxylic acids is 3. The van der Waals surface area contributed by atoms with Crippen LogP contribution in [-0.2, 0) is 14.4 Å². The van der Waals surface area contributed by atoms with Crippen LogP contribution in [0.2, 0.25) is 5.02 Å². The van der Waals surface area contributed by atoms with Gasteiger partial charge in [0.1, 0.15) is 6.04 Å². The number of aliphatic hydroxyl groups is 1. The van der Waals surface area contributed by atoms with Crippen LogP contribution in [0.3, 0.4) is 0 Å². The molecule has 3 N–H and O–H groups in total. The maximum atomic E-state index is 14.1. The average molecular weight is 508 g/mol. The van der Waals surface area contributed by atoms with Crippen LogP contribution in [0.25, 0.3) is 0 Å². The van der Waals surface area contributed by atoms with Gasteiger partial charge >= 0.3 is 0 Å². The molecule has 1 spiro atoms. The topological polar surface area (TPSA) is 98.7 Å². The molecule has 3 aliphatic heterocycles. The minimum Gasteiger partial charge on any atom is -0.394 e. The summed E-state index contributed by atoms with van der Waals surface area (Å²) in [5.41, 5.74) is 0.479. The van der Waals surface area contributed by atoms with Gasteiger partial charge in [-0.05, 0) is 44.2 Å². The lowest BCUT2D eigenvalue weighted by atomic mass is 9.66. The average Bonchev–Trinajstić information content (AvgIpc) is 3.35. The molecule has 3 aliphatic rings. The number of nitrogens with zero attached hydrogens (tertiary/aromatic N) is 1. The molecule has 2 unspecified atom stereocenters. The summed E-state index contributed by atoms with van der Waals surface area (Å²) < 4.78 is -1.15. The number of hydrogen-bond acceptors (Lipinski definition) is 5. The molecule has 4 rings (SSSR count). The van der Waals surface area contributed by atoms with Gasteiger partial charge < -0.3 is 20.6 Å². The standard InChI is InChI=1S/C25H34ClN3O4S/c1-5-12-27-21(31)18-19-23(33)29(17(13-30)14(2)3)20(25(19)11-10-24(18,4)34-25)22(32)28-16-9-7-6-8-15(16)26/h6-9,14,17-20,30H,5,10-13H2,1-4H3,(H,27,31)(H,28,32)/t17-,18+,19-,20?,24-,25?/m0/s1. The highest BCUT2D eigenvalue weighted by Crippen LogP contribution is 2.71. The van der Waals surface area contributed by atoms with Crippen molar-refractivity contribution in [1.29, 1.82) is 0 Å². The molecule has 186 valence electrons. The van der Waals surface area contributed by atoms with Crippen LogP contribution in [-0.4, -0.2) is 62.5 Å². The van der Waals surface area contributed by atoms with E-state index in [0.717, 1.165) is 12.8 Å². The summed E-state index contributed by atoms with van der Waals surface area (Å²) >= 11 is 7.93. The fraction of sp³-hybridized carbons (Fsp3) is 0.640. The van der Waals surface area contributed by atoms with Gasteiger partial charge in [0, 0.05) is 11.3 Å². The zero-order chi connectivity index (χ0) is 24.8. The molecular formula is C25H34ClN3O4S. The summed E-state index contributed by atoms with van der Waals surface area (Å²) in [4.78, 5) is 42.8. The SMILES string of the molecule is CCCNC(=O)[C@H]1[C@H]2C(=O)N([C@@H](CO)C(C)C)C(C(=O)Nc3ccccc3Cl)C23CC[C@]1(C)S3. The number of carbonyl (C=O) groups is 3. The van der Waals surface area contributed by atoms with Gasteiger partial charge in [-0.2, -0.15) is 0 Å². The smallest absolute Gasteiger partial charge is 0.248 e. The van der Waals surface area contributed by atoms with E-state index in [9.17, 15) is 19.5 Å². The van der Waals surface area contributed by atoms with Crippen molar-refractivity contribution in [3.63, 3.8) is 0 Å². The first-order valence-electron chi connectivity index (χ1n) is 12.1. The van der Waals surface area contributed by atoms with Gasteiger partial charge in [0.15, 0.2) is 0 Å². The number of benzene rings is 1. The first-order chi connectivity index (χ1) is 16.1. The summed E-state index contributed by atoms with van der Waals surface area (Å²) in [6, 6.07) is 5.66. The Bertz CT molecular complexity index is 991. The third kappa shape index (κ3) is 3.82. The van der Waals surface area contributed by atoms with Crippen molar-refractivity contribution in [1.82, 2.24) is 10.2 Å². The number of nitrogens with one attached hydrogen (secondary N) is 2. The second-order valence-electron chi connectivity index (χ2n) is 10.2. The molecule has 0 saturated carbocycles. The molecule has 3 amide bonds. The van der Waals surface area contributed by atoms with Gasteiger partial charge in [0.05, 0.1) is 39.9 Å². The number of likely N-dealkylation sites (tertiary alicyclic amines) is 1. The number of aliphatic hydroxyl groups excluding tert-OH is 1. The lowest BCUT2D eigenvalue weighted by Gasteiger charge is -2.38. The zero-order valence-electron chi connectivity index (χ0n) is 20.1. The van der Waals surface area contributed by atoms with E-state index in [0.29, 0.717) is 23.7 Å². The van der Waals surface area contributed by atoms with Crippen LogP contribution >= 0.6 is 23.4 Å². The lowest BCUT2D eigenvalue weighted by Crippen LogP contribution is -2.56. The fourth-order valence-corrected chi connectivity index (χ4v) is 8.69. The highest BCUT2D eigenvalue weighted by atomic mass is 35.5. The third-order valence-corrected chi connectivity index (χ3v) is 10.1. The summed E-state index contributed by atoms with van der Waals surface area (Å²) in [5, 5.41) is 16.6. The Balaban J connectivity index is 1.78. The Labute approximate surface area is 210 Å². The van der Waals surface area contributed by atoms with E-state index >= 15 is 0 Å². The molecule has 9 heteroatoms. The van der Waals surface area contributed by atoms with Gasteiger partial charge in [-0.3, -0.25) is 14.4 Å². The summed E-state index contributed by atoms with van der Waals surface area (Å²) in [6.45, 7) is 8.20. The maximum Gasteiger partial charge on any atom is 0.248 e. The van der Waals surface area contributed by atoms with Crippen molar-refractivity contribution in [2.24, 2.45) is 17.8 Å². The minimum absolute atomic E-state index is 0.0649. The quantitative estimate of drug-likeness (QED) is 0.501. The molecule has 0 radical (unpaired) electrons. The van der Waals surface area contributed by atoms with E-state index in [-0.39, 0.29) is 30.2 Å². The van der Waals surface area contributed by atoms with Crippen LogP contribution < -0.4 is 10.6 Å². The number of halogens is 1.